The second-order valence-electron chi connectivity index (χ2n) is 11.7. The van der Waals surface area contributed by atoms with Gasteiger partial charge >= 0.3 is 5.97 Å². The lowest BCUT2D eigenvalue weighted by Gasteiger charge is -2.23. The van der Waals surface area contributed by atoms with Gasteiger partial charge in [-0.15, -0.1) is 0 Å². The van der Waals surface area contributed by atoms with Crippen molar-refractivity contribution in [3.05, 3.63) is 71.8 Å². The van der Waals surface area contributed by atoms with E-state index in [1.165, 1.54) is 6.08 Å². The number of hydrogen-bond acceptors (Lipinski definition) is 9. The van der Waals surface area contributed by atoms with Crippen molar-refractivity contribution >= 4 is 47.7 Å². The van der Waals surface area contributed by atoms with E-state index in [1.807, 2.05) is 13.0 Å². The van der Waals surface area contributed by atoms with Crippen LogP contribution in [0.4, 0.5) is 0 Å². The summed E-state index contributed by atoms with van der Waals surface area (Å²) in [5.74, 6) is -5.79. The fourth-order valence-electron chi connectivity index (χ4n) is 4.46. The molecule has 6 amide bonds. The second-order valence-corrected chi connectivity index (χ2v) is 11.7. The Balaban J connectivity index is 2.96. The molecular weight excluding hydrogens is 662 g/mol. The van der Waals surface area contributed by atoms with Gasteiger partial charge in [0.15, 0.2) is 0 Å². The van der Waals surface area contributed by atoms with Crippen molar-refractivity contribution in [3.8, 4) is 0 Å². The summed E-state index contributed by atoms with van der Waals surface area (Å²) in [6.07, 6.45) is 7.32. The summed E-state index contributed by atoms with van der Waals surface area (Å²) in [6.45, 7) is 7.92. The Morgan fingerprint density at radius 2 is 1.47 bits per heavy atom. The Labute approximate surface area is 297 Å². The van der Waals surface area contributed by atoms with E-state index in [0.717, 1.165) is 6.42 Å². The molecule has 0 aliphatic heterocycles. The monoisotopic (exact) mass is 711 g/mol. The van der Waals surface area contributed by atoms with Gasteiger partial charge in [-0.2, -0.15) is 0 Å². The molecule has 9 N–H and O–H groups in total. The topological polar surface area (TPSA) is 255 Å². The summed E-state index contributed by atoms with van der Waals surface area (Å²) in [7, 11) is 0. The fourth-order valence-corrected chi connectivity index (χ4v) is 4.46. The molecule has 0 heterocycles. The van der Waals surface area contributed by atoms with Gasteiger partial charge in [-0.05, 0) is 29.9 Å². The molecule has 278 valence electrons. The summed E-state index contributed by atoms with van der Waals surface area (Å²) in [6, 6.07) is 3.08. The maximum atomic E-state index is 13.2. The fraction of sp³-hybridized carbons (Fsp3) is 0.429. The first-order chi connectivity index (χ1) is 24.2. The van der Waals surface area contributed by atoms with Crippen molar-refractivity contribution in [3.63, 3.8) is 0 Å². The molecule has 2 unspecified atom stereocenters. The number of carboxylic acids is 1. The third-order valence-corrected chi connectivity index (χ3v) is 7.16. The van der Waals surface area contributed by atoms with Crippen LogP contribution in [0.3, 0.4) is 0 Å². The van der Waals surface area contributed by atoms with E-state index in [1.54, 1.807) is 50.3 Å². The van der Waals surface area contributed by atoms with Crippen LogP contribution in [0.15, 0.2) is 60.7 Å². The maximum Gasteiger partial charge on any atom is 0.305 e. The van der Waals surface area contributed by atoms with Crippen LogP contribution in [0, 0.1) is 5.92 Å². The SMILES string of the molecule is C=C/C(=C\C=C/CC)CC(CC(=O)N[C@@H](CC(=O)O)C(=O)NCC(=O)NCc1ccc(C=O)cc1)NC(=O)CNC(=O)C(NC(=O)CN)C(C)C. The highest BCUT2D eigenvalue weighted by molar-refractivity contribution is 5.93. The number of nitrogens with two attached hydrogens (primary N) is 1. The minimum Gasteiger partial charge on any atom is -0.481 e. The zero-order valence-electron chi connectivity index (χ0n) is 29.2. The molecule has 0 saturated carbocycles. The van der Waals surface area contributed by atoms with Gasteiger partial charge in [0.25, 0.3) is 0 Å². The van der Waals surface area contributed by atoms with E-state index in [0.29, 0.717) is 23.0 Å². The summed E-state index contributed by atoms with van der Waals surface area (Å²) < 4.78 is 0. The van der Waals surface area contributed by atoms with Crippen LogP contribution in [0.1, 0.15) is 62.4 Å². The Bertz CT molecular complexity index is 1460. The van der Waals surface area contributed by atoms with Crippen molar-refractivity contribution in [1.82, 2.24) is 31.9 Å². The van der Waals surface area contributed by atoms with Crippen molar-refractivity contribution in [2.75, 3.05) is 19.6 Å². The number of hydrogen-bond donors (Lipinski definition) is 8. The van der Waals surface area contributed by atoms with E-state index in [-0.39, 0.29) is 25.4 Å². The van der Waals surface area contributed by atoms with Gasteiger partial charge in [0, 0.05) is 24.6 Å². The van der Waals surface area contributed by atoms with E-state index in [2.05, 4.69) is 38.5 Å². The van der Waals surface area contributed by atoms with Crippen LogP contribution >= 0.6 is 0 Å². The van der Waals surface area contributed by atoms with Crippen LogP contribution < -0.4 is 37.6 Å². The Morgan fingerprint density at radius 3 is 2.04 bits per heavy atom. The summed E-state index contributed by atoms with van der Waals surface area (Å²) in [5.41, 5.74) is 7.15. The molecule has 0 aliphatic carbocycles. The van der Waals surface area contributed by atoms with Crippen LogP contribution in [-0.4, -0.2) is 90.6 Å². The van der Waals surface area contributed by atoms with Crippen LogP contribution in [-0.2, 0) is 40.1 Å². The van der Waals surface area contributed by atoms with Crippen LogP contribution in [0.5, 0.6) is 0 Å². The van der Waals surface area contributed by atoms with Gasteiger partial charge in [-0.3, -0.25) is 38.4 Å². The van der Waals surface area contributed by atoms with E-state index in [4.69, 9.17) is 5.73 Å². The first kappa shape index (κ1) is 43.4. The van der Waals surface area contributed by atoms with Gasteiger partial charge < -0.3 is 42.7 Å². The molecule has 51 heavy (non-hydrogen) atoms. The van der Waals surface area contributed by atoms with Crippen LogP contribution in [0.2, 0.25) is 0 Å². The van der Waals surface area contributed by atoms with E-state index < -0.39 is 85.5 Å². The van der Waals surface area contributed by atoms with Gasteiger partial charge in [-0.1, -0.05) is 75.9 Å². The average molecular weight is 712 g/mol. The van der Waals surface area contributed by atoms with Crippen molar-refractivity contribution < 1.29 is 43.5 Å². The molecule has 0 fully saturated rings. The minimum atomic E-state index is -1.55. The highest BCUT2D eigenvalue weighted by Gasteiger charge is 2.27. The zero-order valence-corrected chi connectivity index (χ0v) is 29.2. The van der Waals surface area contributed by atoms with Crippen LogP contribution in [0.25, 0.3) is 0 Å². The first-order valence-electron chi connectivity index (χ1n) is 16.4. The molecule has 16 heteroatoms. The normalized spacial score (nSPS) is 12.9. The van der Waals surface area contributed by atoms with Crippen molar-refractivity contribution in [2.24, 2.45) is 11.7 Å². The van der Waals surface area contributed by atoms with Gasteiger partial charge in [-0.25, -0.2) is 0 Å². The van der Waals surface area contributed by atoms with E-state index in [9.17, 15) is 43.5 Å². The molecule has 0 saturated heterocycles. The summed E-state index contributed by atoms with van der Waals surface area (Å²) in [5, 5.41) is 24.3. The summed E-state index contributed by atoms with van der Waals surface area (Å²) in [4.78, 5) is 98.0. The van der Waals surface area contributed by atoms with Gasteiger partial charge in [0.2, 0.25) is 35.4 Å². The molecule has 0 bridgehead atoms. The van der Waals surface area contributed by atoms with Gasteiger partial charge in [0.05, 0.1) is 26.1 Å². The lowest BCUT2D eigenvalue weighted by Crippen LogP contribution is -2.53. The standard InChI is InChI=1S/C35H49N7O9/c1-5-7-8-9-23(6-2)14-26(40-31(47)20-39-35(51)33(22(3)4)42-29(45)17-36)15-28(44)41-27(16-32(48)49)34(50)38-19-30(46)37-18-24-10-12-25(21-43)13-11-24/h6-13,21-22,26-27,33H,2,5,14-20,36H2,1,3-4H3,(H,37,46)(H,38,50)(H,39,51)(H,40,47)(H,41,44)(H,42,45)(H,48,49)/b8-7-,23-9+/t26?,27-,33?/m0/s1. The minimum absolute atomic E-state index is 0.110. The molecule has 16 nitrogen and oxygen atoms in total. The predicted molar refractivity (Wildman–Crippen MR) is 189 cm³/mol. The highest BCUT2D eigenvalue weighted by atomic mass is 16.4. The first-order valence-corrected chi connectivity index (χ1v) is 16.4. The van der Waals surface area contributed by atoms with E-state index >= 15 is 0 Å². The molecule has 0 aromatic heterocycles. The molecule has 1 aromatic rings. The number of aliphatic carboxylic acids is 1. The number of rotatable bonds is 23. The smallest absolute Gasteiger partial charge is 0.305 e. The largest absolute Gasteiger partial charge is 0.481 e. The number of carbonyl (C=O) groups is 8. The average Bonchev–Trinajstić information content (AvgIpc) is 3.09. The maximum absolute atomic E-state index is 13.2. The Kier molecular flexibility index (Phi) is 20.1. The molecule has 3 atom stereocenters. The Hall–Kier alpha value is -5.64. The molecular formula is C35H49N7O9. The molecule has 1 aromatic carbocycles. The number of carboxylic acid groups (broad SMARTS) is 1. The number of aldehydes is 1. The third kappa shape index (κ3) is 18.1. The number of allylic oxidation sites excluding steroid dienone is 4. The van der Waals surface area contributed by atoms with Gasteiger partial charge in [0.1, 0.15) is 18.4 Å². The number of carbonyl (C=O) groups excluding carboxylic acids is 7. The lowest BCUT2D eigenvalue weighted by molar-refractivity contribution is -0.140. The Morgan fingerprint density at radius 1 is 0.824 bits per heavy atom. The quantitative estimate of drug-likeness (QED) is 0.0546. The molecule has 0 spiro atoms. The third-order valence-electron chi connectivity index (χ3n) is 7.16. The number of nitrogens with one attached hydrogen (secondary N) is 6. The van der Waals surface area contributed by atoms with Crippen molar-refractivity contribution in [1.29, 1.82) is 0 Å². The highest BCUT2D eigenvalue weighted by Crippen LogP contribution is 2.11. The second kappa shape index (κ2) is 23.7. The molecule has 0 aliphatic rings. The number of amides is 6. The van der Waals surface area contributed by atoms with Crippen molar-refractivity contribution in [2.45, 2.75) is 71.1 Å². The lowest BCUT2D eigenvalue weighted by atomic mass is 10.0. The molecule has 1 rings (SSSR count). The zero-order chi connectivity index (χ0) is 38.3. The number of benzene rings is 1. The molecule has 0 radical (unpaired) electrons. The predicted octanol–water partition coefficient (Wildman–Crippen LogP) is -0.250. The summed E-state index contributed by atoms with van der Waals surface area (Å²) >= 11 is 0.